The van der Waals surface area contributed by atoms with Crippen molar-refractivity contribution < 1.29 is 19.1 Å². The molecule has 17 heavy (non-hydrogen) atoms. The minimum atomic E-state index is -1.03. The third kappa shape index (κ3) is 2.06. The summed E-state index contributed by atoms with van der Waals surface area (Å²) in [6.07, 6.45) is -0.0781. The maximum atomic E-state index is 13.1. The van der Waals surface area contributed by atoms with Gasteiger partial charge in [-0.05, 0) is 18.2 Å². The Morgan fingerprint density at radius 2 is 2.24 bits per heavy atom. The van der Waals surface area contributed by atoms with Crippen LogP contribution in [-0.4, -0.2) is 23.5 Å². The van der Waals surface area contributed by atoms with E-state index in [4.69, 9.17) is 10.8 Å². The van der Waals surface area contributed by atoms with Gasteiger partial charge in [0.25, 0.3) is 0 Å². The second-order valence-electron chi connectivity index (χ2n) is 3.95. The molecule has 90 valence electrons. The van der Waals surface area contributed by atoms with Gasteiger partial charge in [-0.3, -0.25) is 9.59 Å². The zero-order chi connectivity index (χ0) is 12.6. The van der Waals surface area contributed by atoms with E-state index in [1.807, 2.05) is 0 Å². The molecule has 1 atom stereocenters. The topological polar surface area (TPSA) is 83.6 Å². The van der Waals surface area contributed by atoms with Crippen molar-refractivity contribution in [2.45, 2.75) is 6.42 Å². The molecule has 1 aliphatic rings. The predicted octanol–water partition coefficient (Wildman–Crippen LogP) is 0.845. The molecule has 1 aromatic carbocycles. The minimum absolute atomic E-state index is 0.0296. The molecule has 0 aliphatic carbocycles. The quantitative estimate of drug-likeness (QED) is 0.748. The molecule has 3 N–H and O–H groups in total. The molecule has 1 amide bonds. The van der Waals surface area contributed by atoms with E-state index in [9.17, 15) is 14.0 Å². The van der Waals surface area contributed by atoms with Crippen molar-refractivity contribution >= 4 is 23.3 Å². The van der Waals surface area contributed by atoms with Gasteiger partial charge in [-0.25, -0.2) is 4.39 Å². The van der Waals surface area contributed by atoms with Crippen molar-refractivity contribution in [2.75, 3.05) is 17.2 Å². The lowest BCUT2D eigenvalue weighted by atomic mass is 10.1. The van der Waals surface area contributed by atoms with Gasteiger partial charge in [0.1, 0.15) is 5.82 Å². The summed E-state index contributed by atoms with van der Waals surface area (Å²) in [7, 11) is 0. The number of halogens is 1. The molecule has 1 saturated heterocycles. The van der Waals surface area contributed by atoms with E-state index in [1.165, 1.54) is 17.0 Å². The van der Waals surface area contributed by atoms with Crippen molar-refractivity contribution in [1.29, 1.82) is 0 Å². The van der Waals surface area contributed by atoms with Crippen LogP contribution in [0.5, 0.6) is 0 Å². The summed E-state index contributed by atoms with van der Waals surface area (Å²) in [6.45, 7) is 0.0296. The number of nitrogens with two attached hydrogens (primary N) is 1. The number of hydrogen-bond donors (Lipinski definition) is 2. The number of amides is 1. The number of hydrogen-bond acceptors (Lipinski definition) is 3. The van der Waals surface area contributed by atoms with Crippen LogP contribution < -0.4 is 10.6 Å². The number of carbonyl (C=O) groups is 2. The number of nitrogens with zero attached hydrogens (tertiary/aromatic N) is 1. The third-order valence-electron chi connectivity index (χ3n) is 2.76. The second-order valence-corrected chi connectivity index (χ2v) is 3.95. The van der Waals surface area contributed by atoms with Gasteiger partial charge in [0.2, 0.25) is 5.91 Å². The highest BCUT2D eigenvalue weighted by Gasteiger charge is 2.35. The number of carboxylic acids is 1. The van der Waals surface area contributed by atoms with Gasteiger partial charge in [-0.15, -0.1) is 0 Å². The molecular formula is C11H11FN2O3. The molecular weight excluding hydrogens is 227 g/mol. The van der Waals surface area contributed by atoms with Gasteiger partial charge in [-0.2, -0.15) is 0 Å². The lowest BCUT2D eigenvalue weighted by molar-refractivity contribution is -0.141. The van der Waals surface area contributed by atoms with E-state index in [1.54, 1.807) is 0 Å². The van der Waals surface area contributed by atoms with Crippen molar-refractivity contribution in [3.8, 4) is 0 Å². The Hall–Kier alpha value is -2.11. The molecule has 1 fully saturated rings. The molecule has 0 radical (unpaired) electrons. The SMILES string of the molecule is Nc1ccc(F)cc1N1CC(C(=O)O)CC1=O. The molecule has 1 unspecified atom stereocenters. The Morgan fingerprint density at radius 1 is 1.53 bits per heavy atom. The molecule has 1 heterocycles. The van der Waals surface area contributed by atoms with Crippen molar-refractivity contribution in [3.63, 3.8) is 0 Å². The Labute approximate surface area is 96.6 Å². The summed E-state index contributed by atoms with van der Waals surface area (Å²) in [6, 6.07) is 3.68. The van der Waals surface area contributed by atoms with Gasteiger partial charge >= 0.3 is 5.97 Å². The van der Waals surface area contributed by atoms with Gasteiger partial charge in [0.15, 0.2) is 0 Å². The zero-order valence-electron chi connectivity index (χ0n) is 8.89. The van der Waals surface area contributed by atoms with E-state index < -0.39 is 17.7 Å². The molecule has 2 rings (SSSR count). The number of carboxylic acid groups (broad SMARTS) is 1. The summed E-state index contributed by atoms with van der Waals surface area (Å²) >= 11 is 0. The Kier molecular flexibility index (Phi) is 2.71. The van der Waals surface area contributed by atoms with Crippen LogP contribution in [0.25, 0.3) is 0 Å². The monoisotopic (exact) mass is 238 g/mol. The van der Waals surface area contributed by atoms with E-state index in [-0.39, 0.29) is 30.2 Å². The van der Waals surface area contributed by atoms with Crippen LogP contribution in [-0.2, 0) is 9.59 Å². The number of anilines is 2. The minimum Gasteiger partial charge on any atom is -0.481 e. The molecule has 6 heteroatoms. The van der Waals surface area contributed by atoms with Gasteiger partial charge in [0.05, 0.1) is 17.3 Å². The molecule has 0 bridgehead atoms. The first kappa shape index (κ1) is 11.4. The van der Waals surface area contributed by atoms with E-state index in [0.717, 1.165) is 6.07 Å². The number of benzene rings is 1. The predicted molar refractivity (Wildman–Crippen MR) is 58.9 cm³/mol. The van der Waals surface area contributed by atoms with Crippen LogP contribution in [0, 0.1) is 11.7 Å². The Balaban J connectivity index is 2.32. The standard InChI is InChI=1S/C11H11FN2O3/c12-7-1-2-8(13)9(4-7)14-5-6(11(16)17)3-10(14)15/h1-2,4,6H,3,5,13H2,(H,16,17). The van der Waals surface area contributed by atoms with Crippen molar-refractivity contribution in [2.24, 2.45) is 5.92 Å². The average molecular weight is 238 g/mol. The zero-order valence-corrected chi connectivity index (χ0v) is 8.89. The molecule has 1 aliphatic heterocycles. The molecule has 5 nitrogen and oxygen atoms in total. The van der Waals surface area contributed by atoms with Gasteiger partial charge in [0, 0.05) is 13.0 Å². The van der Waals surface area contributed by atoms with Crippen molar-refractivity contribution in [3.05, 3.63) is 24.0 Å². The average Bonchev–Trinajstić information content (AvgIpc) is 2.64. The summed E-state index contributed by atoms with van der Waals surface area (Å²) in [4.78, 5) is 23.6. The lowest BCUT2D eigenvalue weighted by Crippen LogP contribution is -2.26. The fourth-order valence-electron chi connectivity index (χ4n) is 1.86. The second kappa shape index (κ2) is 4.04. The summed E-state index contributed by atoms with van der Waals surface area (Å²) in [5, 5.41) is 8.84. The van der Waals surface area contributed by atoms with Gasteiger partial charge in [-0.1, -0.05) is 0 Å². The van der Waals surface area contributed by atoms with E-state index in [2.05, 4.69) is 0 Å². The summed E-state index contributed by atoms with van der Waals surface area (Å²) in [5.74, 6) is -2.66. The first-order chi connectivity index (χ1) is 7.99. The lowest BCUT2D eigenvalue weighted by Gasteiger charge is -2.18. The molecule has 0 saturated carbocycles. The summed E-state index contributed by atoms with van der Waals surface area (Å²) in [5.41, 5.74) is 6.14. The van der Waals surface area contributed by atoms with Crippen LogP contribution in [0.3, 0.4) is 0 Å². The van der Waals surface area contributed by atoms with E-state index >= 15 is 0 Å². The smallest absolute Gasteiger partial charge is 0.308 e. The molecule has 1 aromatic rings. The maximum Gasteiger partial charge on any atom is 0.308 e. The Morgan fingerprint density at radius 3 is 2.82 bits per heavy atom. The van der Waals surface area contributed by atoms with Crippen LogP contribution in [0.15, 0.2) is 18.2 Å². The highest BCUT2D eigenvalue weighted by atomic mass is 19.1. The molecule has 0 spiro atoms. The Bertz CT molecular complexity index is 490. The maximum absolute atomic E-state index is 13.1. The number of aliphatic carboxylic acids is 1. The largest absolute Gasteiger partial charge is 0.481 e. The highest BCUT2D eigenvalue weighted by molar-refractivity contribution is 6.01. The first-order valence-electron chi connectivity index (χ1n) is 5.07. The first-order valence-corrected chi connectivity index (χ1v) is 5.07. The normalized spacial score (nSPS) is 19.7. The fraction of sp³-hybridized carbons (Fsp3) is 0.273. The van der Waals surface area contributed by atoms with Gasteiger partial charge < -0.3 is 15.7 Å². The van der Waals surface area contributed by atoms with Crippen LogP contribution in [0.2, 0.25) is 0 Å². The van der Waals surface area contributed by atoms with Crippen LogP contribution >= 0.6 is 0 Å². The van der Waals surface area contributed by atoms with Crippen molar-refractivity contribution in [1.82, 2.24) is 0 Å². The molecule has 0 aromatic heterocycles. The van der Waals surface area contributed by atoms with Crippen LogP contribution in [0.1, 0.15) is 6.42 Å². The number of nitrogen functional groups attached to an aromatic ring is 1. The highest BCUT2D eigenvalue weighted by Crippen LogP contribution is 2.30. The fourth-order valence-corrected chi connectivity index (χ4v) is 1.86. The third-order valence-corrected chi connectivity index (χ3v) is 2.76. The van der Waals surface area contributed by atoms with E-state index in [0.29, 0.717) is 0 Å². The number of rotatable bonds is 2. The number of carbonyl (C=O) groups excluding carboxylic acids is 1. The van der Waals surface area contributed by atoms with Crippen LogP contribution in [0.4, 0.5) is 15.8 Å². The summed E-state index contributed by atoms with van der Waals surface area (Å²) < 4.78 is 13.1.